The molecule has 0 atom stereocenters. The molecule has 2 N–H and O–H groups in total. The van der Waals surface area contributed by atoms with E-state index in [9.17, 15) is 0 Å². The molecule has 24 heavy (non-hydrogen) atoms. The van der Waals surface area contributed by atoms with Crippen LogP contribution in [0.1, 0.15) is 26.3 Å². The second-order valence-electron chi connectivity index (χ2n) is 6.59. The van der Waals surface area contributed by atoms with Crippen molar-refractivity contribution in [3.63, 3.8) is 0 Å². The van der Waals surface area contributed by atoms with Gasteiger partial charge in [0.05, 0.1) is 19.8 Å². The van der Waals surface area contributed by atoms with Crippen LogP contribution >= 0.6 is 11.6 Å². The minimum absolute atomic E-state index is 0.0516. The summed E-state index contributed by atoms with van der Waals surface area (Å²) in [4.78, 5) is 7.13. The molecule has 1 aliphatic heterocycles. The van der Waals surface area contributed by atoms with E-state index in [1.54, 1.807) is 0 Å². The second-order valence-corrected chi connectivity index (χ2v) is 7.03. The van der Waals surface area contributed by atoms with Crippen molar-refractivity contribution in [3.05, 3.63) is 34.9 Å². The van der Waals surface area contributed by atoms with Crippen LogP contribution in [0.4, 0.5) is 0 Å². The fourth-order valence-electron chi connectivity index (χ4n) is 2.73. The van der Waals surface area contributed by atoms with E-state index in [-0.39, 0.29) is 5.54 Å². The van der Waals surface area contributed by atoms with Crippen molar-refractivity contribution in [1.82, 2.24) is 15.5 Å². The highest BCUT2D eigenvalue weighted by Crippen LogP contribution is 2.15. The van der Waals surface area contributed by atoms with Crippen LogP contribution in [0.5, 0.6) is 0 Å². The number of halogens is 1. The van der Waals surface area contributed by atoms with E-state index < -0.39 is 0 Å². The van der Waals surface area contributed by atoms with Gasteiger partial charge in [-0.3, -0.25) is 4.90 Å². The molecule has 1 heterocycles. The van der Waals surface area contributed by atoms with Gasteiger partial charge in [0.25, 0.3) is 0 Å². The fourth-order valence-corrected chi connectivity index (χ4v) is 2.94. The van der Waals surface area contributed by atoms with Crippen LogP contribution in [0, 0.1) is 0 Å². The summed E-state index contributed by atoms with van der Waals surface area (Å²) in [6.07, 6.45) is 0. The van der Waals surface area contributed by atoms with Gasteiger partial charge < -0.3 is 15.4 Å². The number of nitrogens with one attached hydrogen (secondary N) is 2. The monoisotopic (exact) mass is 352 g/mol. The summed E-state index contributed by atoms with van der Waals surface area (Å²) < 4.78 is 5.45. The summed E-state index contributed by atoms with van der Waals surface area (Å²) in [6.45, 7) is 12.4. The Hall–Kier alpha value is -1.30. The Morgan fingerprint density at radius 1 is 1.29 bits per heavy atom. The molecule has 0 aliphatic carbocycles. The molecule has 0 amide bonds. The lowest BCUT2D eigenvalue weighted by Gasteiger charge is -2.41. The number of rotatable bonds is 6. The number of morpholine rings is 1. The van der Waals surface area contributed by atoms with E-state index >= 15 is 0 Å². The van der Waals surface area contributed by atoms with Crippen molar-refractivity contribution in [3.8, 4) is 0 Å². The molecule has 5 nitrogen and oxygen atoms in total. The first-order valence-electron chi connectivity index (χ1n) is 8.60. The maximum atomic E-state index is 6.03. The normalized spacial score (nSPS) is 16.9. The Kier molecular flexibility index (Phi) is 7.34. The summed E-state index contributed by atoms with van der Waals surface area (Å²) in [7, 11) is 0. The van der Waals surface area contributed by atoms with E-state index in [1.165, 1.54) is 0 Å². The van der Waals surface area contributed by atoms with Gasteiger partial charge in [-0.15, -0.1) is 0 Å². The van der Waals surface area contributed by atoms with Gasteiger partial charge in [-0.05, 0) is 38.5 Å². The smallest absolute Gasteiger partial charge is 0.191 e. The van der Waals surface area contributed by atoms with Gasteiger partial charge in [0.1, 0.15) is 0 Å². The summed E-state index contributed by atoms with van der Waals surface area (Å²) in [5.41, 5.74) is 1.16. The van der Waals surface area contributed by atoms with Gasteiger partial charge >= 0.3 is 0 Å². The maximum Gasteiger partial charge on any atom is 0.191 e. The van der Waals surface area contributed by atoms with Crippen molar-refractivity contribution in [2.24, 2.45) is 4.99 Å². The Balaban J connectivity index is 1.93. The van der Waals surface area contributed by atoms with Crippen LogP contribution in [0.2, 0.25) is 5.02 Å². The van der Waals surface area contributed by atoms with Crippen LogP contribution in [0.25, 0.3) is 0 Å². The van der Waals surface area contributed by atoms with E-state index in [4.69, 9.17) is 16.3 Å². The highest BCUT2D eigenvalue weighted by Gasteiger charge is 2.28. The zero-order chi connectivity index (χ0) is 17.4. The van der Waals surface area contributed by atoms with Crippen molar-refractivity contribution >= 4 is 17.6 Å². The highest BCUT2D eigenvalue weighted by molar-refractivity contribution is 6.30. The topological polar surface area (TPSA) is 48.9 Å². The summed E-state index contributed by atoms with van der Waals surface area (Å²) in [5, 5.41) is 7.52. The second kappa shape index (κ2) is 9.25. The van der Waals surface area contributed by atoms with Crippen LogP contribution in [-0.4, -0.2) is 55.8 Å². The summed E-state index contributed by atoms with van der Waals surface area (Å²) >= 11 is 6.03. The molecule has 1 aliphatic rings. The molecule has 1 fully saturated rings. The molecule has 1 aromatic rings. The minimum atomic E-state index is 0.0516. The minimum Gasteiger partial charge on any atom is -0.379 e. The lowest BCUT2D eigenvalue weighted by atomic mass is 10.0. The Labute approximate surface area is 150 Å². The lowest BCUT2D eigenvalue weighted by molar-refractivity contribution is -0.00834. The third-order valence-electron chi connectivity index (χ3n) is 4.21. The number of hydrogen-bond acceptors (Lipinski definition) is 3. The molecule has 0 aromatic heterocycles. The maximum absolute atomic E-state index is 6.03. The summed E-state index contributed by atoms with van der Waals surface area (Å²) in [6, 6.07) is 7.82. The van der Waals surface area contributed by atoms with Crippen LogP contribution in [-0.2, 0) is 11.3 Å². The molecular formula is C18H29ClN4O. The van der Waals surface area contributed by atoms with Crippen molar-refractivity contribution in [2.45, 2.75) is 32.9 Å². The predicted molar refractivity (Wildman–Crippen MR) is 101 cm³/mol. The molecule has 0 saturated carbocycles. The Bertz CT molecular complexity index is 542. The Morgan fingerprint density at radius 2 is 2.04 bits per heavy atom. The first kappa shape index (κ1) is 19.0. The van der Waals surface area contributed by atoms with Crippen LogP contribution in [0.15, 0.2) is 29.3 Å². The fraction of sp³-hybridized carbons (Fsp3) is 0.611. The molecular weight excluding hydrogens is 324 g/mol. The number of guanidine groups is 1. The van der Waals surface area contributed by atoms with E-state index in [1.807, 2.05) is 24.3 Å². The van der Waals surface area contributed by atoms with E-state index in [0.29, 0.717) is 6.54 Å². The SMILES string of the molecule is CCNC(=NCc1cccc(Cl)c1)NCC(C)(C)N1CCOCC1. The number of hydrogen-bond donors (Lipinski definition) is 2. The third-order valence-corrected chi connectivity index (χ3v) is 4.44. The zero-order valence-electron chi connectivity index (χ0n) is 14.9. The number of aliphatic imine (C=N–C) groups is 1. The average Bonchev–Trinajstić information content (AvgIpc) is 2.58. The Morgan fingerprint density at radius 3 is 2.71 bits per heavy atom. The van der Waals surface area contributed by atoms with Crippen molar-refractivity contribution < 1.29 is 4.74 Å². The molecule has 134 valence electrons. The largest absolute Gasteiger partial charge is 0.379 e. The zero-order valence-corrected chi connectivity index (χ0v) is 15.7. The van der Waals surface area contributed by atoms with Gasteiger partial charge in [0.2, 0.25) is 0 Å². The molecule has 6 heteroatoms. The number of nitrogens with zero attached hydrogens (tertiary/aromatic N) is 2. The average molecular weight is 353 g/mol. The van der Waals surface area contributed by atoms with Gasteiger partial charge in [0, 0.05) is 36.7 Å². The van der Waals surface area contributed by atoms with Gasteiger partial charge in [0.15, 0.2) is 5.96 Å². The number of benzene rings is 1. The van der Waals surface area contributed by atoms with Crippen LogP contribution < -0.4 is 10.6 Å². The molecule has 2 rings (SSSR count). The van der Waals surface area contributed by atoms with Crippen molar-refractivity contribution in [2.75, 3.05) is 39.4 Å². The van der Waals surface area contributed by atoms with Crippen molar-refractivity contribution in [1.29, 1.82) is 0 Å². The molecule has 0 radical (unpaired) electrons. The van der Waals surface area contributed by atoms with E-state index in [2.05, 4.69) is 41.3 Å². The number of ether oxygens (including phenoxy) is 1. The highest BCUT2D eigenvalue weighted by atomic mass is 35.5. The lowest BCUT2D eigenvalue weighted by Crippen LogP contribution is -2.56. The predicted octanol–water partition coefficient (Wildman–Crippen LogP) is 2.51. The van der Waals surface area contributed by atoms with Crippen LogP contribution in [0.3, 0.4) is 0 Å². The van der Waals surface area contributed by atoms with E-state index in [0.717, 1.165) is 55.9 Å². The third kappa shape index (κ3) is 5.96. The molecule has 1 saturated heterocycles. The molecule has 0 spiro atoms. The first-order chi connectivity index (χ1) is 11.5. The van der Waals surface area contributed by atoms with Gasteiger partial charge in [-0.25, -0.2) is 4.99 Å². The first-order valence-corrected chi connectivity index (χ1v) is 8.98. The molecule has 0 unspecified atom stereocenters. The van der Waals surface area contributed by atoms with Gasteiger partial charge in [-0.1, -0.05) is 23.7 Å². The van der Waals surface area contributed by atoms with Gasteiger partial charge in [-0.2, -0.15) is 0 Å². The molecule has 1 aromatic carbocycles. The summed E-state index contributed by atoms with van der Waals surface area (Å²) in [5.74, 6) is 0.832. The quantitative estimate of drug-likeness (QED) is 0.610. The molecule has 0 bridgehead atoms. The standard InChI is InChI=1S/C18H29ClN4O/c1-4-20-17(21-13-15-6-5-7-16(19)12-15)22-14-18(2,3)23-8-10-24-11-9-23/h5-7,12H,4,8-11,13-14H2,1-3H3,(H2,20,21,22).